The van der Waals surface area contributed by atoms with Gasteiger partial charge in [-0.25, -0.2) is 9.78 Å². The number of aromatic hydroxyl groups is 1. The largest absolute Gasteiger partial charge is 0.507 e. The predicted molar refractivity (Wildman–Crippen MR) is 64.5 cm³/mol. The second-order valence-corrected chi connectivity index (χ2v) is 3.85. The molecule has 0 atom stereocenters. The summed E-state index contributed by atoms with van der Waals surface area (Å²) in [5, 5.41) is 19.3. The van der Waals surface area contributed by atoms with Crippen molar-refractivity contribution < 1.29 is 15.0 Å². The van der Waals surface area contributed by atoms with Crippen molar-refractivity contribution in [2.75, 3.05) is 0 Å². The molecule has 18 heavy (non-hydrogen) atoms. The van der Waals surface area contributed by atoms with E-state index in [0.717, 1.165) is 5.52 Å². The lowest BCUT2D eigenvalue weighted by molar-refractivity contribution is 0.0691. The normalized spacial score (nSPS) is 10.9. The van der Waals surface area contributed by atoms with Gasteiger partial charge in [0.1, 0.15) is 17.3 Å². The Bertz CT molecular complexity index is 742. The molecule has 0 spiro atoms. The van der Waals surface area contributed by atoms with Crippen LogP contribution in [0.2, 0.25) is 0 Å². The van der Waals surface area contributed by atoms with Crippen LogP contribution in [-0.2, 0) is 0 Å². The Kier molecular flexibility index (Phi) is 2.09. The molecule has 4 N–H and O–H groups in total. The number of rotatable bonds is 2. The fourth-order valence-electron chi connectivity index (χ4n) is 1.92. The Morgan fingerprint density at radius 3 is 2.89 bits per heavy atom. The van der Waals surface area contributed by atoms with Crippen LogP contribution < -0.4 is 0 Å². The summed E-state index contributed by atoms with van der Waals surface area (Å²) in [4.78, 5) is 20.5. The average Bonchev–Trinajstić information content (AvgIpc) is 2.94. The van der Waals surface area contributed by atoms with Gasteiger partial charge in [-0.2, -0.15) is 0 Å². The van der Waals surface area contributed by atoms with Crippen LogP contribution in [0.5, 0.6) is 5.75 Å². The molecule has 1 aromatic carbocycles. The maximum Gasteiger partial charge on any atom is 0.353 e. The number of benzene rings is 1. The SMILES string of the molecule is O=C(O)c1cnc(-c2c[nH]c3cccc(O)c23)[nH]1. The maximum absolute atomic E-state index is 10.8. The quantitative estimate of drug-likeness (QED) is 0.552. The Labute approximate surface area is 101 Å². The molecule has 0 bridgehead atoms. The van der Waals surface area contributed by atoms with Gasteiger partial charge in [0.05, 0.1) is 11.6 Å². The average molecular weight is 243 g/mol. The van der Waals surface area contributed by atoms with Crippen LogP contribution in [0, 0.1) is 0 Å². The minimum atomic E-state index is -1.07. The number of carbonyl (C=O) groups is 1. The molecule has 0 radical (unpaired) electrons. The van der Waals surface area contributed by atoms with Crippen molar-refractivity contribution in [1.29, 1.82) is 0 Å². The summed E-state index contributed by atoms with van der Waals surface area (Å²) >= 11 is 0. The van der Waals surface area contributed by atoms with Gasteiger partial charge in [-0.15, -0.1) is 0 Å². The van der Waals surface area contributed by atoms with Gasteiger partial charge in [0.15, 0.2) is 0 Å². The fraction of sp³-hybridized carbons (Fsp3) is 0. The molecule has 3 aromatic rings. The van der Waals surface area contributed by atoms with Crippen LogP contribution in [-0.4, -0.2) is 31.1 Å². The number of imidazole rings is 1. The Balaban J connectivity index is 2.22. The highest BCUT2D eigenvalue weighted by molar-refractivity contribution is 5.98. The number of phenols is 1. The fourth-order valence-corrected chi connectivity index (χ4v) is 1.92. The van der Waals surface area contributed by atoms with E-state index < -0.39 is 5.97 Å². The Hall–Kier alpha value is -2.76. The maximum atomic E-state index is 10.8. The standard InChI is InChI=1S/C12H9N3O3/c16-9-3-1-2-7-10(9)6(4-13-7)11-14-5-8(15-11)12(17)18/h1-5,13,16H,(H,14,15)(H,17,18). The number of hydrogen-bond donors (Lipinski definition) is 4. The molecule has 0 aliphatic heterocycles. The number of aromatic amines is 2. The van der Waals surface area contributed by atoms with E-state index in [0.29, 0.717) is 16.8 Å². The molecule has 0 amide bonds. The Morgan fingerprint density at radius 2 is 2.17 bits per heavy atom. The van der Waals surface area contributed by atoms with Gasteiger partial charge >= 0.3 is 5.97 Å². The van der Waals surface area contributed by atoms with Crippen LogP contribution in [0.15, 0.2) is 30.6 Å². The van der Waals surface area contributed by atoms with Gasteiger partial charge in [0.25, 0.3) is 0 Å². The zero-order chi connectivity index (χ0) is 12.7. The first-order valence-electron chi connectivity index (χ1n) is 5.24. The molecule has 90 valence electrons. The summed E-state index contributed by atoms with van der Waals surface area (Å²) in [6, 6.07) is 5.11. The minimum Gasteiger partial charge on any atom is -0.507 e. The molecule has 3 rings (SSSR count). The predicted octanol–water partition coefficient (Wildman–Crippen LogP) is 1.96. The van der Waals surface area contributed by atoms with Crippen molar-refractivity contribution in [3.63, 3.8) is 0 Å². The molecule has 0 fully saturated rings. The second kappa shape index (κ2) is 3.63. The van der Waals surface area contributed by atoms with E-state index in [1.54, 1.807) is 18.3 Å². The summed E-state index contributed by atoms with van der Waals surface area (Å²) in [6.07, 6.45) is 2.92. The summed E-state index contributed by atoms with van der Waals surface area (Å²) in [7, 11) is 0. The number of hydrogen-bond acceptors (Lipinski definition) is 3. The number of nitrogens with zero attached hydrogens (tertiary/aromatic N) is 1. The zero-order valence-electron chi connectivity index (χ0n) is 9.14. The lowest BCUT2D eigenvalue weighted by Crippen LogP contribution is -1.95. The zero-order valence-corrected chi connectivity index (χ0v) is 9.14. The van der Waals surface area contributed by atoms with Gasteiger partial charge in [-0.05, 0) is 12.1 Å². The number of aromatic carboxylic acids is 1. The number of phenolic OH excluding ortho intramolecular Hbond substituents is 1. The van der Waals surface area contributed by atoms with Crippen LogP contribution in [0.4, 0.5) is 0 Å². The first-order chi connectivity index (χ1) is 8.66. The number of aromatic nitrogens is 3. The van der Waals surface area contributed by atoms with Crippen molar-refractivity contribution in [1.82, 2.24) is 15.0 Å². The van der Waals surface area contributed by atoms with Gasteiger partial charge < -0.3 is 20.2 Å². The highest BCUT2D eigenvalue weighted by Crippen LogP contribution is 2.32. The molecule has 0 saturated carbocycles. The first kappa shape index (κ1) is 10.4. The molecule has 2 aromatic heterocycles. The highest BCUT2D eigenvalue weighted by atomic mass is 16.4. The van der Waals surface area contributed by atoms with Crippen molar-refractivity contribution in [3.05, 3.63) is 36.3 Å². The molecule has 0 saturated heterocycles. The third-order valence-corrected chi connectivity index (χ3v) is 2.75. The second-order valence-electron chi connectivity index (χ2n) is 3.85. The van der Waals surface area contributed by atoms with E-state index in [2.05, 4.69) is 15.0 Å². The number of carboxylic acid groups (broad SMARTS) is 1. The summed E-state index contributed by atoms with van der Waals surface area (Å²) in [5.41, 5.74) is 1.41. The van der Waals surface area contributed by atoms with Gasteiger partial charge in [0.2, 0.25) is 0 Å². The van der Waals surface area contributed by atoms with E-state index >= 15 is 0 Å². The monoisotopic (exact) mass is 243 g/mol. The van der Waals surface area contributed by atoms with Crippen molar-refractivity contribution in [3.8, 4) is 17.1 Å². The molecule has 6 heteroatoms. The van der Waals surface area contributed by atoms with Gasteiger partial charge in [-0.1, -0.05) is 6.07 Å². The van der Waals surface area contributed by atoms with Gasteiger partial charge in [-0.3, -0.25) is 0 Å². The van der Waals surface area contributed by atoms with E-state index in [4.69, 9.17) is 5.11 Å². The number of H-pyrrole nitrogens is 2. The van der Waals surface area contributed by atoms with E-state index in [1.165, 1.54) is 6.20 Å². The van der Waals surface area contributed by atoms with E-state index in [9.17, 15) is 9.90 Å². The first-order valence-corrected chi connectivity index (χ1v) is 5.24. The smallest absolute Gasteiger partial charge is 0.353 e. The summed E-state index contributed by atoms with van der Waals surface area (Å²) in [5.74, 6) is -0.546. The van der Waals surface area contributed by atoms with E-state index in [1.807, 2.05) is 6.07 Å². The van der Waals surface area contributed by atoms with Gasteiger partial charge in [0, 0.05) is 17.3 Å². The van der Waals surface area contributed by atoms with Crippen LogP contribution in [0.1, 0.15) is 10.5 Å². The number of fused-ring (bicyclic) bond motifs is 1. The van der Waals surface area contributed by atoms with Crippen LogP contribution >= 0.6 is 0 Å². The summed E-state index contributed by atoms with van der Waals surface area (Å²) < 4.78 is 0. The highest BCUT2D eigenvalue weighted by Gasteiger charge is 2.14. The summed E-state index contributed by atoms with van der Waals surface area (Å²) in [6.45, 7) is 0. The minimum absolute atomic E-state index is 0.00905. The molecule has 6 nitrogen and oxygen atoms in total. The van der Waals surface area contributed by atoms with Crippen molar-refractivity contribution >= 4 is 16.9 Å². The number of carboxylic acids is 1. The molecular weight excluding hydrogens is 234 g/mol. The van der Waals surface area contributed by atoms with Crippen LogP contribution in [0.3, 0.4) is 0 Å². The lowest BCUT2D eigenvalue weighted by atomic mass is 10.1. The van der Waals surface area contributed by atoms with Crippen molar-refractivity contribution in [2.24, 2.45) is 0 Å². The molecule has 2 heterocycles. The molecular formula is C12H9N3O3. The van der Waals surface area contributed by atoms with E-state index in [-0.39, 0.29) is 11.4 Å². The third-order valence-electron chi connectivity index (χ3n) is 2.75. The van der Waals surface area contributed by atoms with Crippen LogP contribution in [0.25, 0.3) is 22.3 Å². The topological polar surface area (TPSA) is 102 Å². The molecule has 0 unspecified atom stereocenters. The van der Waals surface area contributed by atoms with Crippen molar-refractivity contribution in [2.45, 2.75) is 0 Å². The number of nitrogens with one attached hydrogen (secondary N) is 2. The molecule has 0 aliphatic carbocycles. The lowest BCUT2D eigenvalue weighted by Gasteiger charge is -1.97. The molecule has 0 aliphatic rings. The Morgan fingerprint density at radius 1 is 1.33 bits per heavy atom. The third kappa shape index (κ3) is 1.43.